The predicted molar refractivity (Wildman–Crippen MR) is 90.8 cm³/mol. The van der Waals surface area contributed by atoms with Gasteiger partial charge in [0.15, 0.2) is 0 Å². The molecule has 1 aliphatic rings. The quantitative estimate of drug-likeness (QED) is 0.817. The van der Waals surface area contributed by atoms with E-state index < -0.39 is 0 Å². The van der Waals surface area contributed by atoms with Crippen molar-refractivity contribution in [2.75, 3.05) is 11.9 Å². The molecule has 0 fully saturated rings. The first kappa shape index (κ1) is 14.3. The lowest BCUT2D eigenvalue weighted by Crippen LogP contribution is -2.11. The Morgan fingerprint density at radius 3 is 3.00 bits per heavy atom. The number of nitrogens with zero attached hydrogens (tertiary/aromatic N) is 1. The fraction of sp³-hybridized carbons (Fsp3) is 0.200. The van der Waals surface area contributed by atoms with Crippen molar-refractivity contribution in [3.05, 3.63) is 51.8 Å². The molecule has 1 aliphatic heterocycles. The number of rotatable bonds is 4. The standard InChI is InChI=1S/C15H14BrN3OS/c16-11-5-9-3-4-20-14(9)10(6-11)7-18-12-1-2-13(15(17)21)19-8-12/h1-2,5-6,8,18H,3-4,7H2,(H2,17,21). The Morgan fingerprint density at radius 2 is 2.29 bits per heavy atom. The minimum atomic E-state index is 0.305. The highest BCUT2D eigenvalue weighted by Gasteiger charge is 2.17. The number of aromatic nitrogens is 1. The van der Waals surface area contributed by atoms with E-state index >= 15 is 0 Å². The first-order valence-electron chi connectivity index (χ1n) is 6.57. The maximum atomic E-state index is 5.71. The summed E-state index contributed by atoms with van der Waals surface area (Å²) in [7, 11) is 0. The van der Waals surface area contributed by atoms with Gasteiger partial charge in [0, 0.05) is 23.0 Å². The van der Waals surface area contributed by atoms with Crippen LogP contribution >= 0.6 is 28.1 Å². The zero-order chi connectivity index (χ0) is 14.8. The lowest BCUT2D eigenvalue weighted by molar-refractivity contribution is 0.354. The molecule has 0 radical (unpaired) electrons. The highest BCUT2D eigenvalue weighted by Crippen LogP contribution is 2.33. The normalized spacial score (nSPS) is 12.6. The molecule has 108 valence electrons. The minimum absolute atomic E-state index is 0.305. The van der Waals surface area contributed by atoms with Crippen LogP contribution in [0.15, 0.2) is 34.9 Å². The predicted octanol–water partition coefficient (Wildman–Crippen LogP) is 3.03. The van der Waals surface area contributed by atoms with E-state index in [1.165, 1.54) is 5.56 Å². The molecule has 0 bridgehead atoms. The molecule has 0 aliphatic carbocycles. The van der Waals surface area contributed by atoms with Gasteiger partial charge in [-0.3, -0.25) is 4.98 Å². The molecule has 4 nitrogen and oxygen atoms in total. The van der Waals surface area contributed by atoms with Gasteiger partial charge < -0.3 is 15.8 Å². The Hall–Kier alpha value is -1.66. The number of fused-ring (bicyclic) bond motifs is 1. The number of thiocarbonyl (C=S) groups is 1. The molecule has 21 heavy (non-hydrogen) atoms. The van der Waals surface area contributed by atoms with Crippen molar-refractivity contribution < 1.29 is 4.74 Å². The molecule has 0 amide bonds. The van der Waals surface area contributed by atoms with Gasteiger partial charge in [-0.25, -0.2) is 0 Å². The smallest absolute Gasteiger partial charge is 0.127 e. The first-order chi connectivity index (χ1) is 10.1. The Labute approximate surface area is 136 Å². The van der Waals surface area contributed by atoms with E-state index in [1.54, 1.807) is 6.20 Å². The van der Waals surface area contributed by atoms with Crippen LogP contribution in [0.1, 0.15) is 16.8 Å². The van der Waals surface area contributed by atoms with Gasteiger partial charge in [-0.1, -0.05) is 28.1 Å². The monoisotopic (exact) mass is 363 g/mol. The molecule has 0 saturated heterocycles. The maximum absolute atomic E-state index is 5.71. The summed E-state index contributed by atoms with van der Waals surface area (Å²) in [6.07, 6.45) is 2.69. The third-order valence-corrected chi connectivity index (χ3v) is 3.99. The largest absolute Gasteiger partial charge is 0.493 e. The summed E-state index contributed by atoms with van der Waals surface area (Å²) < 4.78 is 6.79. The van der Waals surface area contributed by atoms with Crippen LogP contribution in [0.4, 0.5) is 5.69 Å². The molecular weight excluding hydrogens is 350 g/mol. The zero-order valence-corrected chi connectivity index (χ0v) is 13.6. The van der Waals surface area contributed by atoms with Crippen LogP contribution in [0.5, 0.6) is 5.75 Å². The molecule has 2 heterocycles. The van der Waals surface area contributed by atoms with Crippen molar-refractivity contribution in [3.8, 4) is 5.75 Å². The van der Waals surface area contributed by atoms with E-state index in [-0.39, 0.29) is 0 Å². The van der Waals surface area contributed by atoms with Crippen LogP contribution in [0.25, 0.3) is 0 Å². The molecule has 0 spiro atoms. The Bertz CT molecular complexity index is 688. The number of hydrogen-bond acceptors (Lipinski definition) is 4. The van der Waals surface area contributed by atoms with Crippen LogP contribution in [-0.4, -0.2) is 16.6 Å². The van der Waals surface area contributed by atoms with Gasteiger partial charge in [-0.2, -0.15) is 0 Å². The number of halogens is 1. The van der Waals surface area contributed by atoms with E-state index in [0.29, 0.717) is 17.2 Å². The Morgan fingerprint density at radius 1 is 1.43 bits per heavy atom. The van der Waals surface area contributed by atoms with Gasteiger partial charge in [0.2, 0.25) is 0 Å². The van der Waals surface area contributed by atoms with Gasteiger partial charge in [0.25, 0.3) is 0 Å². The molecule has 1 aromatic carbocycles. The summed E-state index contributed by atoms with van der Waals surface area (Å²) in [4.78, 5) is 4.52. The number of nitrogens with one attached hydrogen (secondary N) is 1. The Balaban J connectivity index is 1.75. The number of ether oxygens (including phenoxy) is 1. The van der Waals surface area contributed by atoms with Crippen molar-refractivity contribution in [2.45, 2.75) is 13.0 Å². The first-order valence-corrected chi connectivity index (χ1v) is 7.77. The summed E-state index contributed by atoms with van der Waals surface area (Å²) in [5.74, 6) is 0.999. The van der Waals surface area contributed by atoms with Gasteiger partial charge in [0.05, 0.1) is 24.2 Å². The number of hydrogen-bond donors (Lipinski definition) is 2. The second-order valence-corrected chi connectivity index (χ2v) is 6.16. The molecule has 0 unspecified atom stereocenters. The molecule has 0 atom stereocenters. The zero-order valence-electron chi connectivity index (χ0n) is 11.2. The third-order valence-electron chi connectivity index (χ3n) is 3.32. The maximum Gasteiger partial charge on any atom is 0.127 e. The number of anilines is 1. The highest BCUT2D eigenvalue weighted by molar-refractivity contribution is 9.10. The number of pyridine rings is 1. The van der Waals surface area contributed by atoms with Crippen LogP contribution in [-0.2, 0) is 13.0 Å². The van der Waals surface area contributed by atoms with Crippen LogP contribution in [0.3, 0.4) is 0 Å². The molecule has 0 saturated carbocycles. The SMILES string of the molecule is NC(=S)c1ccc(NCc2cc(Br)cc3c2OCC3)cn1. The number of nitrogens with two attached hydrogens (primary N) is 1. The summed E-state index contributed by atoms with van der Waals surface area (Å²) in [5, 5.41) is 3.34. The molecule has 1 aromatic heterocycles. The van der Waals surface area contributed by atoms with Gasteiger partial charge >= 0.3 is 0 Å². The van der Waals surface area contributed by atoms with Crippen LogP contribution in [0.2, 0.25) is 0 Å². The lowest BCUT2D eigenvalue weighted by atomic mass is 10.1. The highest BCUT2D eigenvalue weighted by atomic mass is 79.9. The topological polar surface area (TPSA) is 60.2 Å². The molecule has 3 rings (SSSR count). The van der Waals surface area contributed by atoms with Crippen molar-refractivity contribution >= 4 is 38.8 Å². The van der Waals surface area contributed by atoms with Gasteiger partial charge in [-0.05, 0) is 29.8 Å². The van der Waals surface area contributed by atoms with E-state index in [1.807, 2.05) is 12.1 Å². The van der Waals surface area contributed by atoms with E-state index in [0.717, 1.165) is 34.5 Å². The minimum Gasteiger partial charge on any atom is -0.493 e. The second-order valence-electron chi connectivity index (χ2n) is 4.80. The lowest BCUT2D eigenvalue weighted by Gasteiger charge is -2.11. The van der Waals surface area contributed by atoms with Crippen molar-refractivity contribution in [1.82, 2.24) is 4.98 Å². The van der Waals surface area contributed by atoms with Crippen molar-refractivity contribution in [1.29, 1.82) is 0 Å². The van der Waals surface area contributed by atoms with Crippen LogP contribution in [0, 0.1) is 0 Å². The molecule has 2 aromatic rings. The van der Waals surface area contributed by atoms with E-state index in [9.17, 15) is 0 Å². The summed E-state index contributed by atoms with van der Waals surface area (Å²) in [6, 6.07) is 7.92. The Kier molecular flexibility index (Phi) is 4.07. The summed E-state index contributed by atoms with van der Waals surface area (Å²) >= 11 is 8.43. The fourth-order valence-electron chi connectivity index (χ4n) is 2.32. The molecule has 6 heteroatoms. The molecule has 3 N–H and O–H groups in total. The van der Waals surface area contributed by atoms with E-state index in [2.05, 4.69) is 38.4 Å². The average molecular weight is 364 g/mol. The van der Waals surface area contributed by atoms with Gasteiger partial charge in [-0.15, -0.1) is 0 Å². The number of benzene rings is 1. The van der Waals surface area contributed by atoms with Crippen molar-refractivity contribution in [2.24, 2.45) is 5.73 Å². The second kappa shape index (κ2) is 5.99. The third kappa shape index (κ3) is 3.16. The average Bonchev–Trinajstić information content (AvgIpc) is 2.93. The van der Waals surface area contributed by atoms with Gasteiger partial charge in [0.1, 0.15) is 10.7 Å². The van der Waals surface area contributed by atoms with E-state index in [4.69, 9.17) is 22.7 Å². The molecular formula is C15H14BrN3OS. The summed E-state index contributed by atoms with van der Waals surface area (Å²) in [5.41, 5.74) is 9.47. The summed E-state index contributed by atoms with van der Waals surface area (Å²) in [6.45, 7) is 1.43. The van der Waals surface area contributed by atoms with Crippen molar-refractivity contribution in [3.63, 3.8) is 0 Å². The van der Waals surface area contributed by atoms with Crippen LogP contribution < -0.4 is 15.8 Å². The fourth-order valence-corrected chi connectivity index (χ4v) is 2.99.